The van der Waals surface area contributed by atoms with Gasteiger partial charge in [-0.1, -0.05) is 45.9 Å². The molecule has 0 amide bonds. The van der Waals surface area contributed by atoms with Gasteiger partial charge >= 0.3 is 0 Å². The highest BCUT2D eigenvalue weighted by atomic mass is 28.4. The molecule has 214 valence electrons. The molecule has 6 heteroatoms. The van der Waals surface area contributed by atoms with Crippen molar-refractivity contribution in [1.82, 2.24) is 0 Å². The lowest BCUT2D eigenvalue weighted by Gasteiger charge is -2.43. The van der Waals surface area contributed by atoms with Crippen LogP contribution < -0.4 is 14.2 Å². The van der Waals surface area contributed by atoms with Crippen molar-refractivity contribution in [3.63, 3.8) is 0 Å². The Morgan fingerprint density at radius 3 is 2.38 bits per heavy atom. The number of fused-ring (bicyclic) bond motifs is 1. The first-order valence-corrected chi connectivity index (χ1v) is 17.1. The third-order valence-corrected chi connectivity index (χ3v) is 13.9. The van der Waals surface area contributed by atoms with Crippen molar-refractivity contribution in [3.05, 3.63) is 64.7 Å². The number of hydrogen-bond acceptors (Lipinski definition) is 5. The van der Waals surface area contributed by atoms with Gasteiger partial charge in [-0.2, -0.15) is 0 Å². The molecule has 0 saturated heterocycles. The predicted octanol–water partition coefficient (Wildman–Crippen LogP) is 7.78. The summed E-state index contributed by atoms with van der Waals surface area (Å²) in [7, 11) is 1.30. The van der Waals surface area contributed by atoms with Crippen LogP contribution in [0, 0.1) is 23.7 Å². The fourth-order valence-corrected chi connectivity index (χ4v) is 7.09. The van der Waals surface area contributed by atoms with Gasteiger partial charge in [-0.3, -0.25) is 4.79 Å². The number of methoxy groups -OCH3 is 2. The number of benzene rings is 2. The first-order valence-electron chi connectivity index (χ1n) is 14.2. The molecular formula is C34H44O5Si. The van der Waals surface area contributed by atoms with Gasteiger partial charge in [0, 0.05) is 34.5 Å². The number of ketones is 1. The summed E-state index contributed by atoms with van der Waals surface area (Å²) in [4.78, 5) is 13.5. The number of rotatable bonds is 9. The Balaban J connectivity index is 1.54. The van der Waals surface area contributed by atoms with Crippen LogP contribution in [0.4, 0.5) is 0 Å². The molecule has 4 rings (SSSR count). The Morgan fingerprint density at radius 1 is 1.07 bits per heavy atom. The van der Waals surface area contributed by atoms with E-state index in [2.05, 4.69) is 52.8 Å². The van der Waals surface area contributed by atoms with E-state index in [-0.39, 0.29) is 28.3 Å². The van der Waals surface area contributed by atoms with E-state index in [9.17, 15) is 4.79 Å². The maximum absolute atomic E-state index is 13.5. The molecule has 1 saturated carbocycles. The quantitative estimate of drug-likeness (QED) is 0.178. The fraction of sp³-hybridized carbons (Fsp3) is 0.500. The van der Waals surface area contributed by atoms with Crippen molar-refractivity contribution in [2.24, 2.45) is 11.3 Å². The molecule has 2 aliphatic rings. The second-order valence-corrected chi connectivity index (χ2v) is 17.6. The van der Waals surface area contributed by atoms with Gasteiger partial charge in [-0.05, 0) is 67.2 Å². The van der Waals surface area contributed by atoms with Crippen LogP contribution in [0.25, 0.3) is 0 Å². The standard InChI is InChI=1S/C34H44O5Si/c1-10-25-13-18-30(39-40(8,9)33(2,3)4)34(25,5)20-19-24-21-28-27(31(24)35)16-17-29(32(28)37-7)38-22-23-11-14-26(36-6)15-12-23/h1,11-12,14-17,19,25,30H,13,18,20-22H2,2-9H3/b24-19+/t25-,30+,34+/m1/s1. The molecule has 1 fully saturated rings. The molecule has 2 aromatic rings. The van der Waals surface area contributed by atoms with Crippen LogP contribution >= 0.6 is 0 Å². The molecule has 2 aliphatic carbocycles. The summed E-state index contributed by atoms with van der Waals surface area (Å²) in [5.41, 5.74) is 3.14. The Hall–Kier alpha value is -3.01. The number of carbonyl (C=O) groups is 1. The zero-order valence-corrected chi connectivity index (χ0v) is 26.4. The lowest BCUT2D eigenvalue weighted by atomic mass is 9.75. The van der Waals surface area contributed by atoms with E-state index in [0.717, 1.165) is 35.3 Å². The predicted molar refractivity (Wildman–Crippen MR) is 163 cm³/mol. The van der Waals surface area contributed by atoms with Gasteiger partial charge in [-0.25, -0.2) is 0 Å². The van der Waals surface area contributed by atoms with E-state index in [1.165, 1.54) is 0 Å². The summed E-state index contributed by atoms with van der Waals surface area (Å²) in [5.74, 6) is 5.27. The SMILES string of the molecule is C#C[C@@H]1CC[C@H](O[Si](C)(C)C(C)(C)C)[C@@]1(C)C/C=C1\Cc2c(ccc(OCc3ccc(OC)cc3)c2OC)C1=O. The van der Waals surface area contributed by atoms with Crippen LogP contribution in [-0.4, -0.2) is 34.4 Å². The second-order valence-electron chi connectivity index (χ2n) is 12.9. The molecule has 40 heavy (non-hydrogen) atoms. The van der Waals surface area contributed by atoms with E-state index in [0.29, 0.717) is 36.5 Å². The van der Waals surface area contributed by atoms with Crippen LogP contribution in [0.5, 0.6) is 17.2 Å². The lowest BCUT2D eigenvalue weighted by Crippen LogP contribution is -2.47. The lowest BCUT2D eigenvalue weighted by molar-refractivity contribution is 0.0633. The number of hydrogen-bond donors (Lipinski definition) is 0. The molecule has 0 spiro atoms. The third kappa shape index (κ3) is 5.73. The van der Waals surface area contributed by atoms with Gasteiger partial charge in [0.1, 0.15) is 12.4 Å². The summed E-state index contributed by atoms with van der Waals surface area (Å²) >= 11 is 0. The molecule has 0 heterocycles. The van der Waals surface area contributed by atoms with Crippen molar-refractivity contribution < 1.29 is 23.4 Å². The summed E-state index contributed by atoms with van der Waals surface area (Å²) in [6, 6.07) is 11.4. The van der Waals surface area contributed by atoms with Crippen molar-refractivity contribution in [2.45, 2.75) is 84.2 Å². The Bertz CT molecular complexity index is 1310. The van der Waals surface area contributed by atoms with Crippen LogP contribution in [0.2, 0.25) is 18.1 Å². The van der Waals surface area contributed by atoms with Crippen LogP contribution in [0.1, 0.15) is 68.4 Å². The molecule has 0 aromatic heterocycles. The van der Waals surface area contributed by atoms with Crippen molar-refractivity contribution in [3.8, 4) is 29.6 Å². The highest BCUT2D eigenvalue weighted by Gasteiger charge is 2.50. The van der Waals surface area contributed by atoms with Crippen molar-refractivity contribution in [2.75, 3.05) is 14.2 Å². The Morgan fingerprint density at radius 2 is 1.77 bits per heavy atom. The van der Waals surface area contributed by atoms with E-state index in [1.54, 1.807) is 14.2 Å². The zero-order valence-electron chi connectivity index (χ0n) is 25.4. The van der Waals surface area contributed by atoms with Gasteiger partial charge in [0.05, 0.1) is 20.3 Å². The smallest absolute Gasteiger partial charge is 0.192 e. The summed E-state index contributed by atoms with van der Waals surface area (Å²) < 4.78 is 24.1. The van der Waals surface area contributed by atoms with Gasteiger partial charge in [-0.15, -0.1) is 12.3 Å². The maximum Gasteiger partial charge on any atom is 0.192 e. The average Bonchev–Trinajstić information content (AvgIpc) is 3.40. The first-order chi connectivity index (χ1) is 18.8. The van der Waals surface area contributed by atoms with E-state index in [4.69, 9.17) is 25.1 Å². The highest BCUT2D eigenvalue weighted by molar-refractivity contribution is 6.74. The molecule has 3 atom stereocenters. The summed E-state index contributed by atoms with van der Waals surface area (Å²) in [6.45, 7) is 14.0. The normalized spacial score (nSPS) is 23.7. The van der Waals surface area contributed by atoms with E-state index >= 15 is 0 Å². The van der Waals surface area contributed by atoms with Gasteiger partial charge in [0.25, 0.3) is 0 Å². The van der Waals surface area contributed by atoms with Crippen LogP contribution in [0.15, 0.2) is 48.0 Å². The monoisotopic (exact) mass is 560 g/mol. The van der Waals surface area contributed by atoms with Crippen molar-refractivity contribution >= 4 is 14.1 Å². The minimum absolute atomic E-state index is 0.0516. The van der Waals surface area contributed by atoms with Gasteiger partial charge in [0.2, 0.25) is 0 Å². The van der Waals surface area contributed by atoms with E-state index in [1.807, 2.05) is 36.4 Å². The largest absolute Gasteiger partial charge is 0.497 e. The summed E-state index contributed by atoms with van der Waals surface area (Å²) in [5, 5.41) is 0.118. The van der Waals surface area contributed by atoms with Gasteiger partial charge < -0.3 is 18.6 Å². The molecule has 0 unspecified atom stereocenters. The number of allylic oxidation sites excluding steroid dienone is 2. The maximum atomic E-state index is 13.5. The number of ether oxygens (including phenoxy) is 3. The van der Waals surface area contributed by atoms with Crippen molar-refractivity contribution in [1.29, 1.82) is 0 Å². The molecule has 2 aromatic carbocycles. The third-order valence-electron chi connectivity index (χ3n) is 9.37. The minimum Gasteiger partial charge on any atom is -0.497 e. The average molecular weight is 561 g/mol. The minimum atomic E-state index is -1.98. The number of Topliss-reactive ketones (excluding diaryl/α,β-unsaturated/α-hetero) is 1. The van der Waals surface area contributed by atoms with E-state index < -0.39 is 8.32 Å². The second kappa shape index (κ2) is 11.5. The summed E-state index contributed by atoms with van der Waals surface area (Å²) in [6.07, 6.45) is 11.3. The molecular weight excluding hydrogens is 516 g/mol. The highest BCUT2D eigenvalue weighted by Crippen LogP contribution is 2.51. The van der Waals surface area contributed by atoms with Crippen LogP contribution in [0.3, 0.4) is 0 Å². The Labute approximate surface area is 241 Å². The van der Waals surface area contributed by atoms with Crippen LogP contribution in [-0.2, 0) is 17.5 Å². The molecule has 0 radical (unpaired) electrons. The number of carbonyl (C=O) groups excluding carboxylic acids is 1. The fourth-order valence-electron chi connectivity index (χ4n) is 5.64. The zero-order chi connectivity index (χ0) is 29.3. The first kappa shape index (κ1) is 30.0. The topological polar surface area (TPSA) is 54.0 Å². The van der Waals surface area contributed by atoms with Gasteiger partial charge in [0.15, 0.2) is 25.6 Å². The number of terminal acetylenes is 1. The molecule has 0 aliphatic heterocycles. The molecule has 0 N–H and O–H groups in total. The molecule has 5 nitrogen and oxygen atoms in total. The molecule has 0 bridgehead atoms. The Kier molecular flexibility index (Phi) is 8.59.